The molecule has 0 bridgehead atoms. The summed E-state index contributed by atoms with van der Waals surface area (Å²) in [5, 5.41) is 1.46. The Kier molecular flexibility index (Phi) is 4.80. The summed E-state index contributed by atoms with van der Waals surface area (Å²) in [6.07, 6.45) is 0. The number of halogens is 2. The molecule has 1 aromatic heterocycles. The molecule has 2 nitrogen and oxygen atoms in total. The maximum atomic E-state index is 5.86. The van der Waals surface area contributed by atoms with Crippen molar-refractivity contribution in [1.82, 2.24) is 4.98 Å². The second-order valence-corrected chi connectivity index (χ2v) is 7.88. The molecule has 6 heteroatoms. The van der Waals surface area contributed by atoms with Crippen LogP contribution in [-0.2, 0) is 5.75 Å². The van der Waals surface area contributed by atoms with Gasteiger partial charge >= 0.3 is 0 Å². The van der Waals surface area contributed by atoms with Gasteiger partial charge < -0.3 is 4.42 Å². The van der Waals surface area contributed by atoms with Crippen LogP contribution in [0.4, 0.5) is 0 Å². The van der Waals surface area contributed by atoms with Crippen LogP contribution in [0, 0.1) is 3.57 Å². The lowest BCUT2D eigenvalue weighted by Crippen LogP contribution is -1.77. The van der Waals surface area contributed by atoms with E-state index >= 15 is 0 Å². The van der Waals surface area contributed by atoms with E-state index in [0.29, 0.717) is 5.22 Å². The molecule has 2 aromatic carbocycles. The van der Waals surface area contributed by atoms with Gasteiger partial charge in [-0.05, 0) is 52.4 Å². The Labute approximate surface area is 143 Å². The van der Waals surface area contributed by atoms with E-state index in [-0.39, 0.29) is 0 Å². The average molecular weight is 434 g/mol. The first-order chi connectivity index (χ1) is 9.72. The van der Waals surface area contributed by atoms with Gasteiger partial charge in [0, 0.05) is 25.1 Å². The van der Waals surface area contributed by atoms with Crippen LogP contribution in [-0.4, -0.2) is 4.98 Å². The average Bonchev–Trinajstić information content (AvgIpc) is 2.85. The van der Waals surface area contributed by atoms with E-state index in [0.717, 1.165) is 25.4 Å². The van der Waals surface area contributed by atoms with Crippen LogP contribution in [0.2, 0.25) is 5.02 Å². The van der Waals surface area contributed by atoms with Gasteiger partial charge in [0.1, 0.15) is 5.52 Å². The van der Waals surface area contributed by atoms with Crippen molar-refractivity contribution in [1.29, 1.82) is 0 Å². The zero-order chi connectivity index (χ0) is 13.9. The Morgan fingerprint density at radius 1 is 1.15 bits per heavy atom. The molecule has 3 rings (SSSR count). The van der Waals surface area contributed by atoms with E-state index in [1.165, 1.54) is 5.56 Å². The van der Waals surface area contributed by atoms with Gasteiger partial charge in [-0.1, -0.05) is 40.6 Å². The molecule has 0 aliphatic heterocycles. The smallest absolute Gasteiger partial charge is 0.267 e. The lowest BCUT2D eigenvalue weighted by atomic mass is 10.2. The fourth-order valence-electron chi connectivity index (χ4n) is 1.66. The van der Waals surface area contributed by atoms with Crippen LogP contribution in [0.25, 0.3) is 11.1 Å². The minimum atomic E-state index is 0.697. The maximum absolute atomic E-state index is 5.86. The quantitative estimate of drug-likeness (QED) is 0.371. The molecule has 3 aromatic rings. The van der Waals surface area contributed by atoms with Crippen molar-refractivity contribution in [2.75, 3.05) is 0 Å². The number of para-hydroxylation sites is 1. The molecule has 0 radical (unpaired) electrons. The van der Waals surface area contributed by atoms with Crippen molar-refractivity contribution < 1.29 is 4.42 Å². The zero-order valence-corrected chi connectivity index (χ0v) is 14.7. The summed E-state index contributed by atoms with van der Waals surface area (Å²) < 4.78 is 6.82. The van der Waals surface area contributed by atoms with E-state index in [4.69, 9.17) is 16.0 Å². The van der Waals surface area contributed by atoms with Gasteiger partial charge in [0.2, 0.25) is 0 Å². The Hall–Kier alpha value is -0.370. The summed E-state index contributed by atoms with van der Waals surface area (Å²) in [6.45, 7) is 0. The highest BCUT2D eigenvalue weighted by Gasteiger charge is 2.09. The molecule has 0 saturated heterocycles. The van der Waals surface area contributed by atoms with E-state index in [1.807, 2.05) is 42.5 Å². The van der Waals surface area contributed by atoms with E-state index in [1.54, 1.807) is 21.6 Å². The molecular weight excluding hydrogens is 425 g/mol. The van der Waals surface area contributed by atoms with Crippen LogP contribution in [0.15, 0.2) is 52.1 Å². The van der Waals surface area contributed by atoms with Crippen LogP contribution in [0.3, 0.4) is 0 Å². The number of hydrogen-bond donors (Lipinski definition) is 0. The number of hydrogen-bond acceptors (Lipinski definition) is 4. The first kappa shape index (κ1) is 14.6. The standard InChI is InChI=1S/C14H9ClINOS2/c15-10-6-4-9(5-7-10)8-19-20-14-17-13-11(16)2-1-3-12(13)18-14/h1-7H,8H2. The molecule has 0 amide bonds. The molecule has 1 heterocycles. The van der Waals surface area contributed by atoms with Gasteiger partial charge in [-0.25, -0.2) is 4.98 Å². The second-order valence-electron chi connectivity index (χ2n) is 4.04. The first-order valence-electron chi connectivity index (χ1n) is 5.81. The Bertz CT molecular complexity index is 730. The van der Waals surface area contributed by atoms with Gasteiger partial charge in [-0.2, -0.15) is 0 Å². The molecule has 0 aliphatic rings. The highest BCUT2D eigenvalue weighted by atomic mass is 127. The molecule has 0 unspecified atom stereocenters. The fourth-order valence-corrected chi connectivity index (χ4v) is 4.22. The number of aromatic nitrogens is 1. The summed E-state index contributed by atoms with van der Waals surface area (Å²) in [5.74, 6) is 0.887. The van der Waals surface area contributed by atoms with Crippen molar-refractivity contribution in [3.63, 3.8) is 0 Å². The molecular formula is C14H9ClINOS2. The van der Waals surface area contributed by atoms with Crippen LogP contribution in [0.1, 0.15) is 5.56 Å². The monoisotopic (exact) mass is 433 g/mol. The largest absolute Gasteiger partial charge is 0.431 e. The SMILES string of the molecule is Clc1ccc(CSSc2nc3c(I)cccc3o2)cc1. The summed E-state index contributed by atoms with van der Waals surface area (Å²) in [6, 6.07) is 13.8. The van der Waals surface area contributed by atoms with Crippen LogP contribution in [0.5, 0.6) is 0 Å². The lowest BCUT2D eigenvalue weighted by molar-refractivity contribution is 0.491. The van der Waals surface area contributed by atoms with Gasteiger partial charge in [0.15, 0.2) is 5.58 Å². The normalized spacial score (nSPS) is 11.1. The minimum absolute atomic E-state index is 0.697. The van der Waals surface area contributed by atoms with Crippen molar-refractivity contribution in [3.05, 3.63) is 56.6 Å². The van der Waals surface area contributed by atoms with Crippen molar-refractivity contribution in [3.8, 4) is 0 Å². The molecule has 0 atom stereocenters. The van der Waals surface area contributed by atoms with E-state index in [2.05, 4.69) is 27.6 Å². The lowest BCUT2D eigenvalue weighted by Gasteiger charge is -1.98. The van der Waals surface area contributed by atoms with Gasteiger partial charge in [-0.3, -0.25) is 0 Å². The van der Waals surface area contributed by atoms with Crippen LogP contribution < -0.4 is 0 Å². The molecule has 0 saturated carbocycles. The first-order valence-corrected chi connectivity index (χ1v) is 9.59. The highest BCUT2D eigenvalue weighted by molar-refractivity contribution is 14.1. The summed E-state index contributed by atoms with van der Waals surface area (Å²) >= 11 is 8.13. The van der Waals surface area contributed by atoms with Crippen molar-refractivity contribution in [2.45, 2.75) is 11.0 Å². The predicted octanol–water partition coefficient (Wildman–Crippen LogP) is 6.03. The van der Waals surface area contributed by atoms with Crippen molar-refractivity contribution in [2.24, 2.45) is 0 Å². The summed E-state index contributed by atoms with van der Waals surface area (Å²) in [5.41, 5.74) is 3.01. The van der Waals surface area contributed by atoms with Crippen LogP contribution >= 0.6 is 55.8 Å². The topological polar surface area (TPSA) is 26.0 Å². The zero-order valence-electron chi connectivity index (χ0n) is 10.2. The molecule has 0 spiro atoms. The number of oxazole rings is 1. The Morgan fingerprint density at radius 2 is 1.95 bits per heavy atom. The Balaban J connectivity index is 1.65. The third kappa shape index (κ3) is 3.44. The van der Waals surface area contributed by atoms with Gasteiger partial charge in [-0.15, -0.1) is 0 Å². The van der Waals surface area contributed by atoms with Gasteiger partial charge in [0.05, 0.1) is 0 Å². The highest BCUT2D eigenvalue weighted by Crippen LogP contribution is 2.35. The third-order valence-corrected chi connectivity index (χ3v) is 5.76. The number of rotatable bonds is 4. The van der Waals surface area contributed by atoms with E-state index in [9.17, 15) is 0 Å². The number of nitrogens with zero attached hydrogens (tertiary/aromatic N) is 1. The van der Waals surface area contributed by atoms with E-state index < -0.39 is 0 Å². The summed E-state index contributed by atoms with van der Waals surface area (Å²) in [4.78, 5) is 4.50. The fraction of sp³-hybridized carbons (Fsp3) is 0.0714. The minimum Gasteiger partial charge on any atom is -0.431 e. The number of benzene rings is 2. The Morgan fingerprint density at radius 3 is 2.70 bits per heavy atom. The molecule has 0 aliphatic carbocycles. The second kappa shape index (κ2) is 6.60. The van der Waals surface area contributed by atoms with Gasteiger partial charge in [0.25, 0.3) is 5.22 Å². The molecule has 20 heavy (non-hydrogen) atoms. The molecule has 102 valence electrons. The number of fused-ring (bicyclic) bond motifs is 1. The predicted molar refractivity (Wildman–Crippen MR) is 95.3 cm³/mol. The summed E-state index contributed by atoms with van der Waals surface area (Å²) in [7, 11) is 3.26. The maximum Gasteiger partial charge on any atom is 0.267 e. The third-order valence-electron chi connectivity index (χ3n) is 2.62. The molecule has 0 N–H and O–H groups in total. The van der Waals surface area contributed by atoms with Crippen molar-refractivity contribution >= 4 is 66.9 Å². The molecule has 0 fully saturated rings.